The molecule has 0 aromatic carbocycles. The van der Waals surface area contributed by atoms with Crippen molar-refractivity contribution in [3.63, 3.8) is 0 Å². The Hall–Kier alpha value is 0.140. The summed E-state index contributed by atoms with van der Waals surface area (Å²) in [6.45, 7) is 7.40. The van der Waals surface area contributed by atoms with Gasteiger partial charge in [0.15, 0.2) is 5.96 Å². The van der Waals surface area contributed by atoms with Crippen LogP contribution in [0.3, 0.4) is 0 Å². The van der Waals surface area contributed by atoms with E-state index in [0.717, 1.165) is 23.5 Å². The van der Waals surface area contributed by atoms with Gasteiger partial charge in [-0.15, -0.1) is 24.0 Å². The molecule has 5 nitrogen and oxygen atoms in total. The lowest BCUT2D eigenvalue weighted by atomic mass is 10.3. The van der Waals surface area contributed by atoms with Crippen molar-refractivity contribution in [1.82, 2.24) is 10.2 Å². The molecule has 1 aliphatic heterocycles. The van der Waals surface area contributed by atoms with Crippen molar-refractivity contribution in [3.05, 3.63) is 11.1 Å². The normalized spacial score (nSPS) is 20.3. The summed E-state index contributed by atoms with van der Waals surface area (Å²) in [5.41, 5.74) is 0. The van der Waals surface area contributed by atoms with Gasteiger partial charge in [-0.2, -0.15) is 0 Å². The monoisotopic (exact) mass is 433 g/mol. The third-order valence-corrected chi connectivity index (χ3v) is 2.72. The van der Waals surface area contributed by atoms with Gasteiger partial charge in [0.25, 0.3) is 0 Å². The van der Waals surface area contributed by atoms with Crippen LogP contribution in [0.15, 0.2) is 16.1 Å². The number of hydrogen-bond donors (Lipinski definition) is 1. The van der Waals surface area contributed by atoms with Crippen LogP contribution in [-0.2, 0) is 9.47 Å². The van der Waals surface area contributed by atoms with Gasteiger partial charge >= 0.3 is 0 Å². The molecule has 1 rings (SSSR count). The Labute approximate surface area is 134 Å². The van der Waals surface area contributed by atoms with Crippen LogP contribution < -0.4 is 5.32 Å². The Balaban J connectivity index is 0.00000289. The molecule has 0 aliphatic carbocycles. The Morgan fingerprint density at radius 1 is 1.67 bits per heavy atom. The second-order valence-electron chi connectivity index (χ2n) is 3.81. The van der Waals surface area contributed by atoms with Crippen molar-refractivity contribution in [1.29, 1.82) is 0 Å². The highest BCUT2D eigenvalue weighted by Crippen LogP contribution is 2.06. The number of nitrogens with zero attached hydrogens (tertiary/aromatic N) is 2. The van der Waals surface area contributed by atoms with E-state index in [1.54, 1.807) is 14.2 Å². The number of halogens is 2. The first-order chi connectivity index (χ1) is 8.17. The highest BCUT2D eigenvalue weighted by Gasteiger charge is 2.22. The van der Waals surface area contributed by atoms with E-state index in [2.05, 4.69) is 37.7 Å². The first-order valence-electron chi connectivity index (χ1n) is 5.56. The van der Waals surface area contributed by atoms with Crippen molar-refractivity contribution in [2.45, 2.75) is 6.10 Å². The van der Waals surface area contributed by atoms with E-state index >= 15 is 0 Å². The Bertz CT molecular complexity index is 287. The molecule has 1 N–H and O–H groups in total. The standard InChI is InChI=1S/C11H20BrN3O2.HI/c1-9(12)6-14-11(13-2)15-4-5-17-10(7-15)8-16-3;/h10H,1,4-8H2,2-3H3,(H,13,14);1H. The van der Waals surface area contributed by atoms with Gasteiger partial charge in [-0.25, -0.2) is 0 Å². The molecule has 106 valence electrons. The van der Waals surface area contributed by atoms with Crippen LogP contribution >= 0.6 is 39.9 Å². The van der Waals surface area contributed by atoms with Crippen molar-refractivity contribution in [2.75, 3.05) is 47.0 Å². The number of hydrogen-bond acceptors (Lipinski definition) is 3. The fourth-order valence-electron chi connectivity index (χ4n) is 1.71. The van der Waals surface area contributed by atoms with Gasteiger partial charge < -0.3 is 19.7 Å². The molecule has 0 aromatic rings. The largest absolute Gasteiger partial charge is 0.382 e. The molecule has 1 aliphatic rings. The minimum Gasteiger partial charge on any atom is -0.382 e. The van der Waals surface area contributed by atoms with Crippen molar-refractivity contribution in [2.24, 2.45) is 4.99 Å². The second-order valence-corrected chi connectivity index (χ2v) is 4.93. The molecule has 1 saturated heterocycles. The number of aliphatic imine (C=N–C) groups is 1. The third kappa shape index (κ3) is 6.35. The van der Waals surface area contributed by atoms with E-state index in [1.807, 2.05) is 0 Å². The third-order valence-electron chi connectivity index (χ3n) is 2.44. The van der Waals surface area contributed by atoms with Gasteiger partial charge in [0.2, 0.25) is 0 Å². The van der Waals surface area contributed by atoms with Gasteiger partial charge in [0, 0.05) is 38.3 Å². The van der Waals surface area contributed by atoms with Crippen LogP contribution in [0, 0.1) is 0 Å². The lowest BCUT2D eigenvalue weighted by molar-refractivity contribution is -0.0446. The van der Waals surface area contributed by atoms with Gasteiger partial charge in [-0.3, -0.25) is 4.99 Å². The number of morpholine rings is 1. The van der Waals surface area contributed by atoms with E-state index in [4.69, 9.17) is 9.47 Å². The number of rotatable bonds is 4. The molecule has 1 unspecified atom stereocenters. The predicted octanol–water partition coefficient (Wildman–Crippen LogP) is 1.44. The van der Waals surface area contributed by atoms with Crippen molar-refractivity contribution >= 4 is 45.9 Å². The molecule has 18 heavy (non-hydrogen) atoms. The fourth-order valence-corrected chi connectivity index (χ4v) is 1.85. The second kappa shape index (κ2) is 9.99. The van der Waals surface area contributed by atoms with E-state index in [1.165, 1.54) is 0 Å². The van der Waals surface area contributed by atoms with Crippen LogP contribution in [-0.4, -0.2) is 64.0 Å². The lowest BCUT2D eigenvalue weighted by Crippen LogP contribution is -2.51. The van der Waals surface area contributed by atoms with Gasteiger partial charge in [-0.05, 0) is 0 Å². The molecule has 7 heteroatoms. The first kappa shape index (κ1) is 18.1. The minimum atomic E-state index is 0. The van der Waals surface area contributed by atoms with Crippen LogP contribution in [0.2, 0.25) is 0 Å². The molecule has 1 heterocycles. The SMILES string of the molecule is C=C(Br)CNC(=NC)N1CCOC(COC)C1.I. The predicted molar refractivity (Wildman–Crippen MR) is 88.0 cm³/mol. The maximum atomic E-state index is 5.59. The summed E-state index contributed by atoms with van der Waals surface area (Å²) < 4.78 is 11.6. The van der Waals surface area contributed by atoms with E-state index < -0.39 is 0 Å². The Morgan fingerprint density at radius 2 is 2.39 bits per heavy atom. The quantitative estimate of drug-likeness (QED) is 0.414. The number of ether oxygens (including phenoxy) is 2. The molecule has 1 atom stereocenters. The fraction of sp³-hybridized carbons (Fsp3) is 0.727. The highest BCUT2D eigenvalue weighted by atomic mass is 127. The molecule has 0 saturated carbocycles. The number of guanidine groups is 1. The zero-order valence-electron chi connectivity index (χ0n) is 10.8. The molecular formula is C11H21BrIN3O2. The van der Waals surface area contributed by atoms with Gasteiger partial charge in [-0.1, -0.05) is 22.5 Å². The van der Waals surface area contributed by atoms with E-state index in [0.29, 0.717) is 19.8 Å². The highest BCUT2D eigenvalue weighted by molar-refractivity contribution is 14.0. The Kier molecular flexibility index (Phi) is 10.1. The smallest absolute Gasteiger partial charge is 0.194 e. The molecule has 1 fully saturated rings. The number of nitrogens with one attached hydrogen (secondary N) is 1. The molecule has 0 aromatic heterocycles. The summed E-state index contributed by atoms with van der Waals surface area (Å²) in [4.78, 5) is 6.42. The summed E-state index contributed by atoms with van der Waals surface area (Å²) in [5, 5.41) is 3.23. The minimum absolute atomic E-state index is 0. The van der Waals surface area contributed by atoms with Crippen LogP contribution in [0.25, 0.3) is 0 Å². The zero-order valence-corrected chi connectivity index (χ0v) is 14.7. The summed E-state index contributed by atoms with van der Waals surface area (Å²) in [7, 11) is 3.46. The average Bonchev–Trinajstić information content (AvgIpc) is 2.30. The summed E-state index contributed by atoms with van der Waals surface area (Å²) in [6, 6.07) is 0. The summed E-state index contributed by atoms with van der Waals surface area (Å²) in [6.07, 6.45) is 0.111. The first-order valence-corrected chi connectivity index (χ1v) is 6.36. The van der Waals surface area contributed by atoms with E-state index in [9.17, 15) is 0 Å². The molecule has 0 radical (unpaired) electrons. The topological polar surface area (TPSA) is 46.1 Å². The average molecular weight is 434 g/mol. The maximum Gasteiger partial charge on any atom is 0.194 e. The molecule has 0 spiro atoms. The summed E-state index contributed by atoms with van der Waals surface area (Å²) in [5.74, 6) is 0.870. The zero-order chi connectivity index (χ0) is 12.7. The molecule has 0 amide bonds. The van der Waals surface area contributed by atoms with Gasteiger partial charge in [0.05, 0.1) is 19.3 Å². The van der Waals surface area contributed by atoms with Crippen LogP contribution in [0.4, 0.5) is 0 Å². The number of methoxy groups -OCH3 is 1. The lowest BCUT2D eigenvalue weighted by Gasteiger charge is -2.34. The van der Waals surface area contributed by atoms with Crippen molar-refractivity contribution < 1.29 is 9.47 Å². The van der Waals surface area contributed by atoms with Crippen molar-refractivity contribution in [3.8, 4) is 0 Å². The maximum absolute atomic E-state index is 5.59. The van der Waals surface area contributed by atoms with Crippen LogP contribution in [0.1, 0.15) is 0 Å². The summed E-state index contributed by atoms with van der Waals surface area (Å²) >= 11 is 3.32. The van der Waals surface area contributed by atoms with Crippen LogP contribution in [0.5, 0.6) is 0 Å². The Morgan fingerprint density at radius 3 is 2.94 bits per heavy atom. The van der Waals surface area contributed by atoms with Gasteiger partial charge in [0.1, 0.15) is 0 Å². The molecule has 0 bridgehead atoms. The van der Waals surface area contributed by atoms with E-state index in [-0.39, 0.29) is 30.1 Å². The molecular weight excluding hydrogens is 413 g/mol.